The van der Waals surface area contributed by atoms with E-state index in [0.29, 0.717) is 40.3 Å². The summed E-state index contributed by atoms with van der Waals surface area (Å²) in [7, 11) is 0. The second-order valence-electron chi connectivity index (χ2n) is 4.31. The molecule has 3 rings (SSSR count). The highest BCUT2D eigenvalue weighted by atomic mass is 79.9. The van der Waals surface area contributed by atoms with Gasteiger partial charge in [-0.3, -0.25) is 4.68 Å². The Morgan fingerprint density at radius 1 is 1.29 bits per heavy atom. The summed E-state index contributed by atoms with van der Waals surface area (Å²) in [6.07, 6.45) is 4.20. The number of hydrogen-bond donors (Lipinski definition) is 0. The molecule has 0 saturated carbocycles. The van der Waals surface area contributed by atoms with E-state index in [0.717, 1.165) is 4.47 Å². The molecule has 5 nitrogen and oxygen atoms in total. The van der Waals surface area contributed by atoms with E-state index in [9.17, 15) is 0 Å². The van der Waals surface area contributed by atoms with Crippen molar-refractivity contribution in [3.05, 3.63) is 51.0 Å². The summed E-state index contributed by atoms with van der Waals surface area (Å²) in [5.74, 6) is 0.982. The Morgan fingerprint density at radius 2 is 2.14 bits per heavy atom. The van der Waals surface area contributed by atoms with Gasteiger partial charge in [0.1, 0.15) is 0 Å². The Labute approximate surface area is 139 Å². The molecule has 0 aliphatic rings. The highest BCUT2D eigenvalue weighted by molar-refractivity contribution is 9.10. The molecule has 1 aromatic carbocycles. The summed E-state index contributed by atoms with van der Waals surface area (Å²) in [6, 6.07) is 5.15. The zero-order valence-electron chi connectivity index (χ0n) is 10.6. The summed E-state index contributed by atoms with van der Waals surface area (Å²) in [5, 5.41) is 9.16. The van der Waals surface area contributed by atoms with Gasteiger partial charge in [0, 0.05) is 29.7 Å². The Kier molecular flexibility index (Phi) is 4.28. The van der Waals surface area contributed by atoms with Gasteiger partial charge >= 0.3 is 0 Å². The van der Waals surface area contributed by atoms with Gasteiger partial charge in [0.2, 0.25) is 11.7 Å². The van der Waals surface area contributed by atoms with Crippen molar-refractivity contribution in [2.24, 2.45) is 0 Å². The fourth-order valence-electron chi connectivity index (χ4n) is 1.81. The third-order valence-corrected chi connectivity index (χ3v) is 3.75. The van der Waals surface area contributed by atoms with E-state index in [1.165, 1.54) is 0 Å². The van der Waals surface area contributed by atoms with Gasteiger partial charge in [-0.15, -0.1) is 0 Å². The number of halogens is 3. The number of aromatic nitrogens is 4. The van der Waals surface area contributed by atoms with Crippen LogP contribution in [0.1, 0.15) is 5.89 Å². The van der Waals surface area contributed by atoms with Crippen LogP contribution >= 0.6 is 39.1 Å². The summed E-state index contributed by atoms with van der Waals surface area (Å²) in [6.45, 7) is 0.654. The standard InChI is InChI=1S/C13H9BrCl2N4O/c14-8-6-17-20(7-8)4-3-12-18-13(19-21-12)10-2-1-9(15)5-11(10)16/h1-2,5-7H,3-4H2. The number of nitrogens with zero attached hydrogens (tertiary/aromatic N) is 4. The van der Waals surface area contributed by atoms with Crippen LogP contribution in [0.2, 0.25) is 10.0 Å². The number of rotatable bonds is 4. The van der Waals surface area contributed by atoms with Crippen LogP contribution < -0.4 is 0 Å². The molecular weight excluding hydrogens is 379 g/mol. The average Bonchev–Trinajstić information content (AvgIpc) is 3.05. The lowest BCUT2D eigenvalue weighted by molar-refractivity contribution is 0.369. The van der Waals surface area contributed by atoms with E-state index in [2.05, 4.69) is 31.2 Å². The Balaban J connectivity index is 1.74. The zero-order valence-corrected chi connectivity index (χ0v) is 13.7. The van der Waals surface area contributed by atoms with Crippen LogP contribution in [0.4, 0.5) is 0 Å². The highest BCUT2D eigenvalue weighted by Crippen LogP contribution is 2.28. The Hall–Kier alpha value is -1.37. The number of hydrogen-bond acceptors (Lipinski definition) is 4. The molecule has 108 valence electrons. The molecule has 0 fully saturated rings. The highest BCUT2D eigenvalue weighted by Gasteiger charge is 2.12. The van der Waals surface area contributed by atoms with Crippen LogP contribution in [-0.4, -0.2) is 19.9 Å². The smallest absolute Gasteiger partial charge is 0.228 e. The van der Waals surface area contributed by atoms with E-state index in [1.54, 1.807) is 29.1 Å². The van der Waals surface area contributed by atoms with Crippen LogP contribution in [-0.2, 0) is 13.0 Å². The van der Waals surface area contributed by atoms with Gasteiger partial charge < -0.3 is 4.52 Å². The van der Waals surface area contributed by atoms with Crippen LogP contribution in [0.25, 0.3) is 11.4 Å². The minimum absolute atomic E-state index is 0.452. The number of benzene rings is 1. The molecule has 0 unspecified atom stereocenters. The lowest BCUT2D eigenvalue weighted by Crippen LogP contribution is -2.01. The van der Waals surface area contributed by atoms with Crippen LogP contribution in [0.15, 0.2) is 39.6 Å². The predicted octanol–water partition coefficient (Wildman–Crippen LogP) is 4.25. The second-order valence-corrected chi connectivity index (χ2v) is 6.07. The van der Waals surface area contributed by atoms with Crippen molar-refractivity contribution in [2.75, 3.05) is 0 Å². The van der Waals surface area contributed by atoms with Gasteiger partial charge in [0.15, 0.2) is 0 Å². The van der Waals surface area contributed by atoms with E-state index < -0.39 is 0 Å². The minimum atomic E-state index is 0.452. The first kappa shape index (κ1) is 14.6. The molecule has 0 amide bonds. The van der Waals surface area contributed by atoms with Gasteiger partial charge in [-0.05, 0) is 34.1 Å². The SMILES string of the molecule is Clc1ccc(-c2noc(CCn3cc(Br)cn3)n2)c(Cl)c1. The summed E-state index contributed by atoms with van der Waals surface area (Å²) >= 11 is 15.3. The first-order valence-corrected chi connectivity index (χ1v) is 7.62. The predicted molar refractivity (Wildman–Crippen MR) is 83.4 cm³/mol. The van der Waals surface area contributed by atoms with Crippen LogP contribution in [0, 0.1) is 0 Å². The van der Waals surface area contributed by atoms with Gasteiger partial charge in [-0.1, -0.05) is 28.4 Å². The lowest BCUT2D eigenvalue weighted by Gasteiger charge is -1.98. The molecule has 8 heteroatoms. The van der Waals surface area contributed by atoms with E-state index >= 15 is 0 Å². The Bertz CT molecular complexity index is 771. The van der Waals surface area contributed by atoms with Gasteiger partial charge in [-0.25, -0.2) is 0 Å². The van der Waals surface area contributed by atoms with Gasteiger partial charge in [-0.2, -0.15) is 10.1 Å². The van der Waals surface area contributed by atoms with Crippen molar-refractivity contribution >= 4 is 39.1 Å². The molecule has 2 aromatic heterocycles. The molecule has 0 N–H and O–H groups in total. The van der Waals surface area contributed by atoms with E-state index in [-0.39, 0.29) is 0 Å². The summed E-state index contributed by atoms with van der Waals surface area (Å²) in [4.78, 5) is 4.33. The fourth-order valence-corrected chi connectivity index (χ4v) is 2.63. The fraction of sp³-hybridized carbons (Fsp3) is 0.154. The second kappa shape index (κ2) is 6.17. The Morgan fingerprint density at radius 3 is 2.86 bits per heavy atom. The number of aryl methyl sites for hydroxylation is 2. The quantitative estimate of drug-likeness (QED) is 0.671. The van der Waals surface area contributed by atoms with Crippen molar-refractivity contribution in [2.45, 2.75) is 13.0 Å². The molecule has 0 saturated heterocycles. The van der Waals surface area contributed by atoms with Crippen molar-refractivity contribution in [1.29, 1.82) is 0 Å². The van der Waals surface area contributed by atoms with E-state index in [1.807, 2.05) is 6.20 Å². The normalized spacial score (nSPS) is 11.0. The van der Waals surface area contributed by atoms with Gasteiger partial charge in [0.05, 0.1) is 15.7 Å². The van der Waals surface area contributed by atoms with Crippen LogP contribution in [0.5, 0.6) is 0 Å². The van der Waals surface area contributed by atoms with Gasteiger partial charge in [0.25, 0.3) is 0 Å². The largest absolute Gasteiger partial charge is 0.339 e. The maximum atomic E-state index is 6.12. The first-order chi connectivity index (χ1) is 10.1. The molecule has 2 heterocycles. The summed E-state index contributed by atoms with van der Waals surface area (Å²) < 4.78 is 7.95. The van der Waals surface area contributed by atoms with Crippen molar-refractivity contribution < 1.29 is 4.52 Å². The monoisotopic (exact) mass is 386 g/mol. The minimum Gasteiger partial charge on any atom is -0.339 e. The maximum Gasteiger partial charge on any atom is 0.228 e. The summed E-state index contributed by atoms with van der Waals surface area (Å²) in [5.41, 5.74) is 0.693. The van der Waals surface area contributed by atoms with Crippen molar-refractivity contribution in [3.8, 4) is 11.4 Å². The third-order valence-electron chi connectivity index (χ3n) is 2.80. The molecule has 0 bridgehead atoms. The van der Waals surface area contributed by atoms with Crippen LogP contribution in [0.3, 0.4) is 0 Å². The topological polar surface area (TPSA) is 56.7 Å². The molecule has 3 aromatic rings. The molecule has 0 aliphatic carbocycles. The molecular formula is C13H9BrCl2N4O. The van der Waals surface area contributed by atoms with Crippen molar-refractivity contribution in [3.63, 3.8) is 0 Å². The molecule has 0 radical (unpaired) electrons. The molecule has 0 atom stereocenters. The zero-order chi connectivity index (χ0) is 14.8. The van der Waals surface area contributed by atoms with Crippen molar-refractivity contribution in [1.82, 2.24) is 19.9 Å². The first-order valence-electron chi connectivity index (χ1n) is 6.08. The molecule has 21 heavy (non-hydrogen) atoms. The maximum absolute atomic E-state index is 6.12. The molecule has 0 aliphatic heterocycles. The average molecular weight is 388 g/mol. The molecule has 0 spiro atoms. The lowest BCUT2D eigenvalue weighted by atomic mass is 10.2. The van der Waals surface area contributed by atoms with E-state index in [4.69, 9.17) is 27.7 Å². The third kappa shape index (κ3) is 3.45.